The van der Waals surface area contributed by atoms with Crippen LogP contribution in [0.1, 0.15) is 47.1 Å². The summed E-state index contributed by atoms with van der Waals surface area (Å²) >= 11 is 0. The number of hydrogen-bond donors (Lipinski definition) is 2. The van der Waals surface area contributed by atoms with Crippen molar-refractivity contribution in [2.75, 3.05) is 13.6 Å². The van der Waals surface area contributed by atoms with Gasteiger partial charge in [0.2, 0.25) is 0 Å². The van der Waals surface area contributed by atoms with E-state index in [0.717, 1.165) is 0 Å². The van der Waals surface area contributed by atoms with Gasteiger partial charge >= 0.3 is 0 Å². The molecule has 0 radical (unpaired) electrons. The topological polar surface area (TPSA) is 68.2 Å². The van der Waals surface area contributed by atoms with Crippen molar-refractivity contribution in [3.05, 3.63) is 30.1 Å². The van der Waals surface area contributed by atoms with Crippen LogP contribution in [0.2, 0.25) is 0 Å². The van der Waals surface area contributed by atoms with Crippen LogP contribution in [-0.2, 0) is 5.41 Å². The Morgan fingerprint density at radius 1 is 1.20 bits per heavy atom. The summed E-state index contributed by atoms with van der Waals surface area (Å²) in [5.74, 6) is 5.59. The highest BCUT2D eigenvalue weighted by Gasteiger charge is 2.25. The number of nitrogens with two attached hydrogens (primary N) is 2. The van der Waals surface area contributed by atoms with Gasteiger partial charge in [0.25, 0.3) is 0 Å². The minimum Gasteiger partial charge on any atom is -0.329 e. The quantitative estimate of drug-likeness (QED) is 0.645. The van der Waals surface area contributed by atoms with Crippen molar-refractivity contribution in [2.24, 2.45) is 17.0 Å². The van der Waals surface area contributed by atoms with E-state index in [4.69, 9.17) is 11.6 Å². The summed E-state index contributed by atoms with van der Waals surface area (Å²) in [7, 11) is 1.85. The molecule has 116 valence electrons. The van der Waals surface area contributed by atoms with Crippen LogP contribution < -0.4 is 11.6 Å². The van der Waals surface area contributed by atoms with Crippen LogP contribution in [0.25, 0.3) is 0 Å². The van der Waals surface area contributed by atoms with E-state index in [-0.39, 0.29) is 16.9 Å². The van der Waals surface area contributed by atoms with Crippen LogP contribution in [-0.4, -0.2) is 29.6 Å². The first kappa shape index (κ1) is 19.0. The molecule has 0 saturated carbocycles. The molecule has 0 fully saturated rings. The van der Waals surface area contributed by atoms with E-state index >= 15 is 0 Å². The van der Waals surface area contributed by atoms with Crippen molar-refractivity contribution in [3.8, 4) is 0 Å². The number of aromatic nitrogens is 1. The van der Waals surface area contributed by atoms with Crippen LogP contribution in [0.4, 0.5) is 0 Å². The molecular formula is C16H32N4. The Morgan fingerprint density at radius 3 is 1.90 bits per heavy atom. The Balaban J connectivity index is 0.000000361. The highest BCUT2D eigenvalue weighted by molar-refractivity contribution is 5.17. The summed E-state index contributed by atoms with van der Waals surface area (Å²) in [4.78, 5) is 4.05. The van der Waals surface area contributed by atoms with Crippen molar-refractivity contribution < 1.29 is 0 Å². The third-order valence-electron chi connectivity index (χ3n) is 3.24. The normalized spacial score (nSPS) is 13.7. The highest BCUT2D eigenvalue weighted by atomic mass is 15.4. The molecule has 1 heterocycles. The summed E-state index contributed by atoms with van der Waals surface area (Å²) in [6.45, 7) is 13.6. The van der Waals surface area contributed by atoms with Gasteiger partial charge in [-0.15, -0.1) is 0 Å². The molecule has 0 aliphatic heterocycles. The molecule has 0 aromatic carbocycles. The van der Waals surface area contributed by atoms with Gasteiger partial charge in [0.05, 0.1) is 0 Å². The second kappa shape index (κ2) is 7.72. The van der Waals surface area contributed by atoms with Crippen LogP contribution in [0.15, 0.2) is 24.5 Å². The number of nitrogens with zero attached hydrogens (tertiary/aromatic N) is 2. The van der Waals surface area contributed by atoms with Gasteiger partial charge in [-0.1, -0.05) is 47.6 Å². The number of hydrogen-bond acceptors (Lipinski definition) is 4. The lowest BCUT2D eigenvalue weighted by atomic mass is 9.86. The maximum atomic E-state index is 5.59. The Labute approximate surface area is 124 Å². The van der Waals surface area contributed by atoms with Gasteiger partial charge in [-0.3, -0.25) is 10.8 Å². The molecule has 4 heteroatoms. The molecule has 1 aromatic rings. The molecule has 0 spiro atoms. The van der Waals surface area contributed by atoms with E-state index in [1.165, 1.54) is 5.56 Å². The fourth-order valence-electron chi connectivity index (χ4n) is 1.94. The standard InChI is InChI=1S/C9H13N.C7H19N3/c1-9(2,3)8-5-4-6-10-7-8;1-7(2,3)6(5-8)10(4)9/h4-7H,1-3H3;6H,5,8-9H2,1-4H3. The first-order valence-electron chi connectivity index (χ1n) is 7.08. The molecule has 0 aliphatic rings. The Bertz CT molecular complexity index is 360. The van der Waals surface area contributed by atoms with Crippen molar-refractivity contribution >= 4 is 0 Å². The van der Waals surface area contributed by atoms with Gasteiger partial charge in [-0.2, -0.15) is 0 Å². The third-order valence-corrected chi connectivity index (χ3v) is 3.24. The van der Waals surface area contributed by atoms with Gasteiger partial charge in [0.15, 0.2) is 0 Å². The maximum Gasteiger partial charge on any atom is 0.0408 e. The smallest absolute Gasteiger partial charge is 0.0408 e. The Kier molecular flexibility index (Phi) is 7.34. The van der Waals surface area contributed by atoms with E-state index in [1.807, 2.05) is 19.3 Å². The van der Waals surface area contributed by atoms with Gasteiger partial charge in [-0.25, -0.2) is 5.01 Å². The fraction of sp³-hybridized carbons (Fsp3) is 0.688. The number of pyridine rings is 1. The van der Waals surface area contributed by atoms with E-state index in [9.17, 15) is 0 Å². The van der Waals surface area contributed by atoms with Crippen LogP contribution >= 0.6 is 0 Å². The van der Waals surface area contributed by atoms with Crippen LogP contribution in [0.3, 0.4) is 0 Å². The van der Waals surface area contributed by atoms with Crippen molar-refractivity contribution in [2.45, 2.75) is 53.0 Å². The zero-order valence-corrected chi connectivity index (χ0v) is 14.1. The lowest BCUT2D eigenvalue weighted by molar-refractivity contribution is 0.133. The lowest BCUT2D eigenvalue weighted by Crippen LogP contribution is -2.50. The number of hydrazine groups is 1. The summed E-state index contributed by atoms with van der Waals surface area (Å²) in [5.41, 5.74) is 7.22. The summed E-state index contributed by atoms with van der Waals surface area (Å²) < 4.78 is 0. The average molecular weight is 280 g/mol. The zero-order chi connectivity index (χ0) is 16.0. The summed E-state index contributed by atoms with van der Waals surface area (Å²) in [6, 6.07) is 4.33. The fourth-order valence-corrected chi connectivity index (χ4v) is 1.94. The average Bonchev–Trinajstić information content (AvgIpc) is 2.28. The molecule has 0 amide bonds. The Hall–Kier alpha value is -0.970. The lowest BCUT2D eigenvalue weighted by Gasteiger charge is -2.34. The van der Waals surface area contributed by atoms with E-state index in [1.54, 1.807) is 11.2 Å². The zero-order valence-electron chi connectivity index (χ0n) is 14.1. The molecule has 0 saturated heterocycles. The van der Waals surface area contributed by atoms with Crippen molar-refractivity contribution in [1.29, 1.82) is 0 Å². The first-order chi connectivity index (χ1) is 9.00. The third kappa shape index (κ3) is 6.98. The van der Waals surface area contributed by atoms with Gasteiger partial charge < -0.3 is 5.73 Å². The molecule has 4 nitrogen and oxygen atoms in total. The molecule has 1 rings (SSSR count). The molecule has 1 atom stereocenters. The van der Waals surface area contributed by atoms with Crippen LogP contribution in [0, 0.1) is 5.41 Å². The second-order valence-electron chi connectivity index (χ2n) is 7.27. The monoisotopic (exact) mass is 280 g/mol. The highest BCUT2D eigenvalue weighted by Crippen LogP contribution is 2.20. The van der Waals surface area contributed by atoms with Crippen LogP contribution in [0.5, 0.6) is 0 Å². The second-order valence-corrected chi connectivity index (χ2v) is 7.27. The molecule has 1 unspecified atom stereocenters. The summed E-state index contributed by atoms with van der Waals surface area (Å²) in [6.07, 6.45) is 3.72. The molecule has 1 aromatic heterocycles. The van der Waals surface area contributed by atoms with Crippen molar-refractivity contribution in [1.82, 2.24) is 9.99 Å². The molecule has 20 heavy (non-hydrogen) atoms. The molecule has 0 aliphatic carbocycles. The minimum absolute atomic E-state index is 0.165. The first-order valence-corrected chi connectivity index (χ1v) is 7.08. The van der Waals surface area contributed by atoms with E-state index in [0.29, 0.717) is 6.54 Å². The number of rotatable bonds is 2. The SMILES string of the molecule is CC(C)(C)c1cccnc1.CN(N)C(CN)C(C)(C)C. The summed E-state index contributed by atoms with van der Waals surface area (Å²) in [5, 5.41) is 1.68. The van der Waals surface area contributed by atoms with Gasteiger partial charge in [-0.05, 0) is 22.5 Å². The minimum atomic E-state index is 0.165. The molecule has 0 bridgehead atoms. The van der Waals surface area contributed by atoms with Crippen molar-refractivity contribution in [3.63, 3.8) is 0 Å². The predicted molar refractivity (Wildman–Crippen MR) is 87.2 cm³/mol. The largest absolute Gasteiger partial charge is 0.329 e. The van der Waals surface area contributed by atoms with E-state index in [2.05, 4.69) is 52.6 Å². The van der Waals surface area contributed by atoms with Gasteiger partial charge in [0, 0.05) is 32.0 Å². The van der Waals surface area contributed by atoms with Gasteiger partial charge in [0.1, 0.15) is 0 Å². The van der Waals surface area contributed by atoms with E-state index < -0.39 is 0 Å². The maximum absolute atomic E-state index is 5.59. The number of likely N-dealkylation sites (N-methyl/N-ethyl adjacent to an activating group) is 1. The predicted octanol–water partition coefficient (Wildman–Crippen LogP) is 2.54. The molecular weight excluding hydrogens is 248 g/mol. The molecule has 4 N–H and O–H groups in total. The Morgan fingerprint density at radius 2 is 1.75 bits per heavy atom.